The highest BCUT2D eigenvalue weighted by atomic mass is 16.5. The molecule has 0 saturated heterocycles. The third-order valence-electron chi connectivity index (χ3n) is 3.39. The van der Waals surface area contributed by atoms with Gasteiger partial charge in [-0.15, -0.1) is 0 Å². The lowest BCUT2D eigenvalue weighted by atomic mass is 10.2. The zero-order chi connectivity index (χ0) is 14.7. The molecule has 0 aromatic heterocycles. The second kappa shape index (κ2) is 5.94. The van der Waals surface area contributed by atoms with E-state index in [1.165, 1.54) is 7.11 Å². The Morgan fingerprint density at radius 1 is 1.40 bits per heavy atom. The molecule has 1 saturated carbocycles. The van der Waals surface area contributed by atoms with E-state index in [9.17, 15) is 9.59 Å². The number of hydrogen-bond donors (Lipinski definition) is 1. The van der Waals surface area contributed by atoms with Gasteiger partial charge in [0.15, 0.2) is 6.61 Å². The number of hydrogen-bond acceptors (Lipinski definition) is 4. The van der Waals surface area contributed by atoms with E-state index in [0.29, 0.717) is 17.4 Å². The van der Waals surface area contributed by atoms with E-state index in [1.54, 1.807) is 6.07 Å². The number of nitrogens with one attached hydrogen (secondary N) is 1. The smallest absolute Gasteiger partial charge is 0.309 e. The molecule has 1 aliphatic rings. The number of rotatable bonds is 5. The molecule has 0 spiro atoms. The predicted octanol–water partition coefficient (Wildman–Crippen LogP) is 2.14. The molecule has 5 heteroatoms. The van der Waals surface area contributed by atoms with Gasteiger partial charge in [-0.25, -0.2) is 0 Å². The van der Waals surface area contributed by atoms with Gasteiger partial charge in [-0.3, -0.25) is 9.59 Å². The van der Waals surface area contributed by atoms with E-state index < -0.39 is 0 Å². The van der Waals surface area contributed by atoms with Crippen molar-refractivity contribution in [2.24, 2.45) is 11.8 Å². The van der Waals surface area contributed by atoms with Gasteiger partial charge in [-0.1, -0.05) is 13.0 Å². The van der Waals surface area contributed by atoms with Crippen molar-refractivity contribution in [3.05, 3.63) is 23.8 Å². The molecule has 1 aromatic rings. The molecule has 1 N–H and O–H groups in total. The number of benzene rings is 1. The first-order valence-electron chi connectivity index (χ1n) is 6.62. The Morgan fingerprint density at radius 2 is 2.10 bits per heavy atom. The number of aryl methyl sites for hydroxylation is 1. The zero-order valence-electron chi connectivity index (χ0n) is 11.9. The van der Waals surface area contributed by atoms with Crippen LogP contribution in [0.3, 0.4) is 0 Å². The summed E-state index contributed by atoms with van der Waals surface area (Å²) in [5.41, 5.74) is 1.58. The second-order valence-corrected chi connectivity index (χ2v) is 5.18. The van der Waals surface area contributed by atoms with Gasteiger partial charge >= 0.3 is 5.97 Å². The molecule has 2 atom stereocenters. The van der Waals surface area contributed by atoms with E-state index in [0.717, 1.165) is 12.0 Å². The van der Waals surface area contributed by atoms with Crippen LogP contribution in [0.1, 0.15) is 18.9 Å². The average molecular weight is 277 g/mol. The molecule has 20 heavy (non-hydrogen) atoms. The molecule has 0 bridgehead atoms. The Hall–Kier alpha value is -2.04. The van der Waals surface area contributed by atoms with E-state index >= 15 is 0 Å². The number of esters is 1. The number of amides is 1. The Morgan fingerprint density at radius 3 is 2.70 bits per heavy atom. The fourth-order valence-corrected chi connectivity index (χ4v) is 2.00. The third kappa shape index (κ3) is 3.50. The van der Waals surface area contributed by atoms with Gasteiger partial charge in [0.25, 0.3) is 5.91 Å². The molecule has 1 fully saturated rings. The summed E-state index contributed by atoms with van der Waals surface area (Å²) in [7, 11) is 1.54. The van der Waals surface area contributed by atoms with Crippen LogP contribution in [0, 0.1) is 18.8 Å². The van der Waals surface area contributed by atoms with E-state index in [-0.39, 0.29) is 24.4 Å². The van der Waals surface area contributed by atoms with Crippen LogP contribution in [-0.4, -0.2) is 25.6 Å². The number of methoxy groups -OCH3 is 1. The predicted molar refractivity (Wildman–Crippen MR) is 74.6 cm³/mol. The van der Waals surface area contributed by atoms with Crippen LogP contribution < -0.4 is 10.1 Å². The van der Waals surface area contributed by atoms with E-state index in [1.807, 2.05) is 26.0 Å². The first-order valence-corrected chi connectivity index (χ1v) is 6.62. The Bertz CT molecular complexity index is 527. The lowest BCUT2D eigenvalue weighted by Crippen LogP contribution is -2.22. The van der Waals surface area contributed by atoms with Crippen LogP contribution in [0.25, 0.3) is 0 Å². The zero-order valence-corrected chi connectivity index (χ0v) is 11.9. The Labute approximate surface area is 118 Å². The lowest BCUT2D eigenvalue weighted by molar-refractivity contribution is -0.148. The Kier molecular flexibility index (Phi) is 4.27. The molecular weight excluding hydrogens is 258 g/mol. The van der Waals surface area contributed by atoms with Crippen LogP contribution in [-0.2, 0) is 14.3 Å². The number of carbonyl (C=O) groups excluding carboxylic acids is 2. The minimum absolute atomic E-state index is 0.0312. The highest BCUT2D eigenvalue weighted by Gasteiger charge is 2.40. The quantitative estimate of drug-likeness (QED) is 0.837. The van der Waals surface area contributed by atoms with Crippen molar-refractivity contribution in [3.63, 3.8) is 0 Å². The largest absolute Gasteiger partial charge is 0.495 e. The standard InChI is InChI=1S/C15H19NO4/c1-9-4-5-13(19-3)12(6-9)16-14(17)8-20-15(18)11-7-10(11)2/h4-6,10-11H,7-8H2,1-3H3,(H,16,17)/t10-,11+/m0/s1. The van der Waals surface area contributed by atoms with Crippen molar-refractivity contribution in [2.45, 2.75) is 20.3 Å². The maximum atomic E-state index is 11.8. The SMILES string of the molecule is COc1ccc(C)cc1NC(=O)COC(=O)[C@@H]1C[C@@H]1C. The molecule has 0 heterocycles. The molecule has 0 aliphatic heterocycles. The summed E-state index contributed by atoms with van der Waals surface area (Å²) in [6.45, 7) is 3.65. The van der Waals surface area contributed by atoms with Gasteiger partial charge in [-0.2, -0.15) is 0 Å². The molecule has 0 unspecified atom stereocenters. The summed E-state index contributed by atoms with van der Waals surface area (Å²) in [6.07, 6.45) is 0.853. The first kappa shape index (κ1) is 14.4. The Balaban J connectivity index is 1.88. The van der Waals surface area contributed by atoms with Crippen molar-refractivity contribution < 1.29 is 19.1 Å². The molecule has 5 nitrogen and oxygen atoms in total. The highest BCUT2D eigenvalue weighted by molar-refractivity contribution is 5.94. The van der Waals surface area contributed by atoms with E-state index in [2.05, 4.69) is 5.32 Å². The summed E-state index contributed by atoms with van der Waals surface area (Å²) >= 11 is 0. The first-order chi connectivity index (χ1) is 9.51. The third-order valence-corrected chi connectivity index (χ3v) is 3.39. The van der Waals surface area contributed by atoms with Crippen LogP contribution in [0.4, 0.5) is 5.69 Å². The number of ether oxygens (including phenoxy) is 2. The van der Waals surface area contributed by atoms with Gasteiger partial charge in [0, 0.05) is 0 Å². The highest BCUT2D eigenvalue weighted by Crippen LogP contribution is 2.38. The van der Waals surface area contributed by atoms with E-state index in [4.69, 9.17) is 9.47 Å². The van der Waals surface area contributed by atoms with Crippen molar-refractivity contribution in [1.29, 1.82) is 0 Å². The average Bonchev–Trinajstić information content (AvgIpc) is 3.13. The summed E-state index contributed by atoms with van der Waals surface area (Å²) in [5.74, 6) is 0.268. The van der Waals surface area contributed by atoms with Crippen LogP contribution in [0.2, 0.25) is 0 Å². The normalized spacial score (nSPS) is 20.1. The number of anilines is 1. The number of carbonyl (C=O) groups is 2. The molecule has 1 aliphatic carbocycles. The molecule has 0 radical (unpaired) electrons. The fraction of sp³-hybridized carbons (Fsp3) is 0.467. The maximum Gasteiger partial charge on any atom is 0.309 e. The van der Waals surface area contributed by atoms with Crippen molar-refractivity contribution in [2.75, 3.05) is 19.0 Å². The van der Waals surface area contributed by atoms with Gasteiger partial charge in [0.05, 0.1) is 18.7 Å². The summed E-state index contributed by atoms with van der Waals surface area (Å²) < 4.78 is 10.1. The van der Waals surface area contributed by atoms with Crippen LogP contribution in [0.5, 0.6) is 5.75 Å². The second-order valence-electron chi connectivity index (χ2n) is 5.18. The van der Waals surface area contributed by atoms with Gasteiger partial charge in [0.2, 0.25) is 0 Å². The maximum absolute atomic E-state index is 11.8. The monoisotopic (exact) mass is 277 g/mol. The van der Waals surface area contributed by atoms with Crippen molar-refractivity contribution >= 4 is 17.6 Å². The molecule has 1 aromatic carbocycles. The minimum atomic E-state index is -0.365. The van der Waals surface area contributed by atoms with Crippen molar-refractivity contribution in [3.8, 4) is 5.75 Å². The topological polar surface area (TPSA) is 64.6 Å². The molecule has 1 amide bonds. The fourth-order valence-electron chi connectivity index (χ4n) is 2.00. The molecule has 2 rings (SSSR count). The summed E-state index contributed by atoms with van der Waals surface area (Å²) in [4.78, 5) is 23.3. The summed E-state index contributed by atoms with van der Waals surface area (Å²) in [5, 5.41) is 2.69. The molecular formula is C15H19NO4. The molecule has 108 valence electrons. The van der Waals surface area contributed by atoms with Crippen LogP contribution >= 0.6 is 0 Å². The van der Waals surface area contributed by atoms with Gasteiger partial charge < -0.3 is 14.8 Å². The minimum Gasteiger partial charge on any atom is -0.495 e. The summed E-state index contributed by atoms with van der Waals surface area (Å²) in [6, 6.07) is 5.48. The lowest BCUT2D eigenvalue weighted by Gasteiger charge is -2.11. The van der Waals surface area contributed by atoms with Gasteiger partial charge in [0.1, 0.15) is 5.75 Å². The van der Waals surface area contributed by atoms with Crippen molar-refractivity contribution in [1.82, 2.24) is 0 Å². The van der Waals surface area contributed by atoms with Crippen LogP contribution in [0.15, 0.2) is 18.2 Å². The van der Waals surface area contributed by atoms with Gasteiger partial charge in [-0.05, 0) is 37.0 Å².